The van der Waals surface area contributed by atoms with Crippen LogP contribution in [-0.4, -0.2) is 18.4 Å². The minimum atomic E-state index is -4.57. The summed E-state index contributed by atoms with van der Waals surface area (Å²) in [5, 5.41) is 0. The van der Waals surface area contributed by atoms with E-state index in [4.69, 9.17) is 4.55 Å². The minimum Gasteiger partial charge on any atom is -0.566 e. The highest BCUT2D eigenvalue weighted by Crippen LogP contribution is 2.23. The number of hydrogen-bond acceptors (Lipinski definition) is 5. The third-order valence-electron chi connectivity index (χ3n) is 3.78. The monoisotopic (exact) mass is 382 g/mol. The van der Waals surface area contributed by atoms with Crippen LogP contribution in [0.25, 0.3) is 11.1 Å². The molecule has 0 fully saturated rings. The molecule has 25 heavy (non-hydrogen) atoms. The van der Waals surface area contributed by atoms with Crippen LogP contribution in [0.5, 0.6) is 0 Å². The van der Waals surface area contributed by atoms with E-state index in [1.165, 1.54) is 5.56 Å². The second-order valence-electron chi connectivity index (χ2n) is 5.73. The van der Waals surface area contributed by atoms with E-state index >= 15 is 0 Å². The Morgan fingerprint density at radius 3 is 2.08 bits per heavy atom. The van der Waals surface area contributed by atoms with Crippen molar-refractivity contribution < 1.29 is 27.0 Å². The molecule has 0 amide bonds. The highest BCUT2D eigenvalue weighted by molar-refractivity contribution is 7.86. The fourth-order valence-electron chi connectivity index (χ4n) is 2.43. The number of rotatable bonds is 8. The van der Waals surface area contributed by atoms with Crippen LogP contribution in [0.4, 0.5) is 0 Å². The van der Waals surface area contributed by atoms with E-state index < -0.39 is 23.8 Å². The molecule has 0 saturated carbocycles. The van der Waals surface area contributed by atoms with E-state index in [9.17, 15) is 17.9 Å². The third kappa shape index (κ3) is 6.30. The van der Waals surface area contributed by atoms with Crippen LogP contribution >= 0.6 is 8.25 Å². The topological polar surface area (TPSA) is 104 Å². The SMILES string of the molecule is Cc1ccc(-c2ccc(CCCC(O[P+](=O)[O-])S(=O)(=O)O)cc2)cc1. The van der Waals surface area contributed by atoms with Crippen LogP contribution in [0.2, 0.25) is 0 Å². The highest BCUT2D eigenvalue weighted by Gasteiger charge is 2.29. The summed E-state index contributed by atoms with van der Waals surface area (Å²) >= 11 is 0. The molecule has 0 heterocycles. The van der Waals surface area contributed by atoms with Crippen molar-refractivity contribution in [3.05, 3.63) is 59.7 Å². The van der Waals surface area contributed by atoms with Crippen molar-refractivity contribution in [1.82, 2.24) is 0 Å². The molecule has 0 aliphatic carbocycles. The van der Waals surface area contributed by atoms with Gasteiger partial charge in [-0.2, -0.15) is 8.42 Å². The zero-order valence-corrected chi connectivity index (χ0v) is 15.4. The lowest BCUT2D eigenvalue weighted by molar-refractivity contribution is -0.187. The Labute approximate surface area is 148 Å². The van der Waals surface area contributed by atoms with Crippen LogP contribution in [-0.2, 0) is 25.6 Å². The van der Waals surface area contributed by atoms with E-state index in [0.717, 1.165) is 16.7 Å². The first kappa shape index (κ1) is 19.7. The lowest BCUT2D eigenvalue weighted by atomic mass is 10.0. The number of benzene rings is 2. The Morgan fingerprint density at radius 1 is 1.08 bits per heavy atom. The average molecular weight is 382 g/mol. The van der Waals surface area contributed by atoms with Gasteiger partial charge >= 0.3 is 8.25 Å². The van der Waals surface area contributed by atoms with Gasteiger partial charge in [0.2, 0.25) is 5.44 Å². The lowest BCUT2D eigenvalue weighted by Gasteiger charge is -2.09. The zero-order chi connectivity index (χ0) is 18.4. The van der Waals surface area contributed by atoms with Crippen molar-refractivity contribution in [2.45, 2.75) is 31.6 Å². The molecule has 0 aliphatic rings. The molecule has 0 aromatic heterocycles. The Kier molecular flexibility index (Phi) is 6.81. The average Bonchev–Trinajstić information content (AvgIpc) is 2.54. The second kappa shape index (κ2) is 8.65. The Bertz CT molecular complexity index is 815. The zero-order valence-electron chi connectivity index (χ0n) is 13.7. The standard InChI is InChI=1S/C17H19O6PS/c1-13-5-9-15(10-6-13)16-11-7-14(8-12-16)3-2-4-17(23-24(18)19)25(20,21)22/h5-12,17H,2-4H2,1H3,(H,20,21,22). The number of aryl methyl sites for hydroxylation is 2. The molecule has 2 aromatic rings. The van der Waals surface area contributed by atoms with Crippen molar-refractivity contribution in [2.75, 3.05) is 0 Å². The van der Waals surface area contributed by atoms with Crippen LogP contribution in [0.1, 0.15) is 24.0 Å². The van der Waals surface area contributed by atoms with Crippen LogP contribution in [0.15, 0.2) is 48.5 Å². The molecule has 0 spiro atoms. The quantitative estimate of drug-likeness (QED) is 0.555. The summed E-state index contributed by atoms with van der Waals surface area (Å²) in [5.41, 5.74) is 2.61. The molecule has 2 rings (SSSR count). The molecule has 0 saturated heterocycles. The molecule has 6 nitrogen and oxygen atoms in total. The molecule has 1 N–H and O–H groups in total. The smallest absolute Gasteiger partial charge is 0.489 e. The Balaban J connectivity index is 1.95. The summed E-state index contributed by atoms with van der Waals surface area (Å²) in [4.78, 5) is 10.5. The second-order valence-corrected chi connectivity index (χ2v) is 7.94. The van der Waals surface area contributed by atoms with Gasteiger partial charge in [-0.15, -0.1) is 4.52 Å². The predicted molar refractivity (Wildman–Crippen MR) is 93.6 cm³/mol. The highest BCUT2D eigenvalue weighted by atomic mass is 32.2. The molecular weight excluding hydrogens is 363 g/mol. The summed E-state index contributed by atoms with van der Waals surface area (Å²) in [6.45, 7) is 2.03. The largest absolute Gasteiger partial charge is 0.566 e. The van der Waals surface area contributed by atoms with Gasteiger partial charge in [0.15, 0.2) is 0 Å². The van der Waals surface area contributed by atoms with Gasteiger partial charge in [-0.1, -0.05) is 54.1 Å². The molecular formula is C17H19O6PS. The predicted octanol–water partition coefficient (Wildman–Crippen LogP) is 3.23. The summed E-state index contributed by atoms with van der Waals surface area (Å²) in [5.74, 6) is 0. The summed E-state index contributed by atoms with van der Waals surface area (Å²) < 4.78 is 46.0. The van der Waals surface area contributed by atoms with Gasteiger partial charge in [0, 0.05) is 0 Å². The van der Waals surface area contributed by atoms with Crippen molar-refractivity contribution >= 4 is 18.4 Å². The van der Waals surface area contributed by atoms with E-state index in [2.05, 4.69) is 4.52 Å². The molecule has 0 aliphatic heterocycles. The van der Waals surface area contributed by atoms with Gasteiger partial charge in [-0.25, -0.2) is 0 Å². The maximum atomic E-state index is 11.1. The third-order valence-corrected chi connectivity index (χ3v) is 5.35. The van der Waals surface area contributed by atoms with Crippen LogP contribution < -0.4 is 4.89 Å². The first-order chi connectivity index (χ1) is 11.8. The van der Waals surface area contributed by atoms with E-state index in [0.29, 0.717) is 12.8 Å². The molecule has 0 bridgehead atoms. The van der Waals surface area contributed by atoms with Crippen molar-refractivity contribution in [1.29, 1.82) is 0 Å². The molecule has 0 radical (unpaired) electrons. The van der Waals surface area contributed by atoms with Gasteiger partial charge in [0.1, 0.15) is 0 Å². The van der Waals surface area contributed by atoms with Crippen molar-refractivity contribution in [2.24, 2.45) is 0 Å². The minimum absolute atomic E-state index is 0.109. The molecule has 134 valence electrons. The van der Waals surface area contributed by atoms with Gasteiger partial charge in [-0.3, -0.25) is 4.55 Å². The fourth-order valence-corrected chi connectivity index (χ4v) is 3.84. The molecule has 2 unspecified atom stereocenters. The van der Waals surface area contributed by atoms with Gasteiger partial charge in [-0.05, 0) is 47.4 Å². The van der Waals surface area contributed by atoms with E-state index in [-0.39, 0.29) is 6.42 Å². The molecule has 8 heteroatoms. The summed E-state index contributed by atoms with van der Waals surface area (Å²) in [6.07, 6.45) is 0.790. The van der Waals surface area contributed by atoms with Gasteiger partial charge in [0.05, 0.1) is 0 Å². The Morgan fingerprint density at radius 2 is 1.60 bits per heavy atom. The maximum Gasteiger partial charge on any atom is 0.489 e. The van der Waals surface area contributed by atoms with E-state index in [1.807, 2.05) is 55.5 Å². The number of hydrogen-bond donors (Lipinski definition) is 1. The Hall–Kier alpha value is -1.63. The molecule has 2 atom stereocenters. The van der Waals surface area contributed by atoms with Crippen LogP contribution in [0.3, 0.4) is 0 Å². The van der Waals surface area contributed by atoms with Gasteiger partial charge < -0.3 is 4.89 Å². The first-order valence-corrected chi connectivity index (χ1v) is 10.3. The summed E-state index contributed by atoms with van der Waals surface area (Å²) in [6, 6.07) is 16.0. The van der Waals surface area contributed by atoms with Crippen molar-refractivity contribution in [3.63, 3.8) is 0 Å². The first-order valence-electron chi connectivity index (χ1n) is 7.69. The summed E-state index contributed by atoms with van der Waals surface area (Å²) in [7, 11) is -7.91. The lowest BCUT2D eigenvalue weighted by Crippen LogP contribution is -2.22. The van der Waals surface area contributed by atoms with E-state index in [1.54, 1.807) is 0 Å². The van der Waals surface area contributed by atoms with Crippen molar-refractivity contribution in [3.8, 4) is 11.1 Å². The molecule has 2 aromatic carbocycles. The maximum absolute atomic E-state index is 11.1. The normalized spacial score (nSPS) is 13.5. The van der Waals surface area contributed by atoms with Gasteiger partial charge in [0.25, 0.3) is 10.1 Å². The van der Waals surface area contributed by atoms with Crippen LogP contribution in [0, 0.1) is 6.92 Å². The fraction of sp³-hybridized carbons (Fsp3) is 0.294.